The van der Waals surface area contributed by atoms with E-state index in [1.54, 1.807) is 7.11 Å². The lowest BCUT2D eigenvalue weighted by molar-refractivity contribution is -0.0145. The van der Waals surface area contributed by atoms with Gasteiger partial charge in [0.2, 0.25) is 5.95 Å². The van der Waals surface area contributed by atoms with E-state index in [9.17, 15) is 5.26 Å². The van der Waals surface area contributed by atoms with Crippen LogP contribution < -0.4 is 10.2 Å². The van der Waals surface area contributed by atoms with E-state index in [0.717, 1.165) is 80.5 Å². The van der Waals surface area contributed by atoms with Crippen molar-refractivity contribution in [3.63, 3.8) is 0 Å². The van der Waals surface area contributed by atoms with Gasteiger partial charge in [-0.2, -0.15) is 14.6 Å². The lowest BCUT2D eigenvalue weighted by atomic mass is 9.82. The lowest BCUT2D eigenvalue weighted by Gasteiger charge is -2.57. The van der Waals surface area contributed by atoms with Gasteiger partial charge < -0.3 is 15.0 Å². The largest absolute Gasteiger partial charge is 0.381 e. The molecule has 0 aromatic carbocycles. The number of piperidine rings is 1. The van der Waals surface area contributed by atoms with Gasteiger partial charge in [0.1, 0.15) is 10.8 Å². The third-order valence-electron chi connectivity index (χ3n) is 6.90. The van der Waals surface area contributed by atoms with Crippen LogP contribution in [0.25, 0.3) is 0 Å². The predicted octanol–water partition coefficient (Wildman–Crippen LogP) is 3.06. The van der Waals surface area contributed by atoms with Crippen LogP contribution in [-0.4, -0.2) is 64.2 Å². The van der Waals surface area contributed by atoms with Crippen LogP contribution in [0.1, 0.15) is 42.6 Å². The molecule has 0 radical (unpaired) electrons. The van der Waals surface area contributed by atoms with Crippen LogP contribution in [0.4, 0.5) is 16.8 Å². The van der Waals surface area contributed by atoms with Crippen LogP contribution in [0, 0.1) is 18.3 Å². The average Bonchev–Trinajstić information content (AvgIpc) is 3.39. The molecule has 164 valence electrons. The molecule has 0 atom stereocenters. The smallest absolute Gasteiger partial charge is 0.230 e. The van der Waals surface area contributed by atoms with Gasteiger partial charge in [0.25, 0.3) is 0 Å². The number of anilines is 3. The van der Waals surface area contributed by atoms with Crippen LogP contribution in [0.3, 0.4) is 0 Å². The Kier molecular flexibility index (Phi) is 5.54. The van der Waals surface area contributed by atoms with E-state index in [4.69, 9.17) is 14.7 Å². The summed E-state index contributed by atoms with van der Waals surface area (Å²) in [5, 5.41) is 13.9. The third kappa shape index (κ3) is 3.88. The Bertz CT molecular complexity index is 986. The summed E-state index contributed by atoms with van der Waals surface area (Å²) >= 11 is 1.43. The first-order valence-corrected chi connectivity index (χ1v) is 11.9. The molecular weight excluding hydrogens is 410 g/mol. The number of nitrogens with zero attached hydrogens (tertiary/aromatic N) is 6. The van der Waals surface area contributed by atoms with Crippen LogP contribution in [0.5, 0.6) is 0 Å². The van der Waals surface area contributed by atoms with Crippen molar-refractivity contribution >= 4 is 28.3 Å². The van der Waals surface area contributed by atoms with Crippen LogP contribution in [0.2, 0.25) is 0 Å². The number of aryl methyl sites for hydroxylation is 2. The predicted molar refractivity (Wildman–Crippen MR) is 121 cm³/mol. The van der Waals surface area contributed by atoms with Crippen molar-refractivity contribution in [3.8, 4) is 6.07 Å². The fourth-order valence-electron chi connectivity index (χ4n) is 5.21. The fraction of sp³-hybridized carbons (Fsp3) is 0.636. The molecule has 2 aliphatic heterocycles. The Morgan fingerprint density at radius 2 is 2.10 bits per heavy atom. The highest BCUT2D eigenvalue weighted by Gasteiger charge is 2.49. The van der Waals surface area contributed by atoms with E-state index in [2.05, 4.69) is 25.6 Å². The number of hydrogen-bond acceptors (Lipinski definition) is 9. The molecule has 0 saturated carbocycles. The topological polar surface area (TPSA) is 90.2 Å². The maximum Gasteiger partial charge on any atom is 0.230 e. The molecule has 31 heavy (non-hydrogen) atoms. The molecule has 4 heterocycles. The van der Waals surface area contributed by atoms with Gasteiger partial charge in [0, 0.05) is 38.9 Å². The van der Waals surface area contributed by atoms with Gasteiger partial charge in [-0.25, -0.2) is 4.98 Å². The highest BCUT2D eigenvalue weighted by atomic mass is 32.1. The minimum atomic E-state index is -0.0771. The highest BCUT2D eigenvalue weighted by molar-refractivity contribution is 7.10. The van der Waals surface area contributed by atoms with Crippen molar-refractivity contribution in [2.24, 2.45) is 0 Å². The minimum Gasteiger partial charge on any atom is -0.381 e. The van der Waals surface area contributed by atoms with Gasteiger partial charge in [-0.1, -0.05) is 0 Å². The molecule has 0 spiro atoms. The Labute approximate surface area is 187 Å². The molecule has 1 N–H and O–H groups in total. The van der Waals surface area contributed by atoms with Gasteiger partial charge in [-0.05, 0) is 56.6 Å². The number of aromatic nitrogens is 3. The number of likely N-dealkylation sites (tertiary alicyclic amines) is 1. The second-order valence-corrected chi connectivity index (χ2v) is 9.75. The molecule has 8 nitrogen and oxygen atoms in total. The summed E-state index contributed by atoms with van der Waals surface area (Å²) in [5.74, 6) is 1.70. The molecular formula is C22H29N7OS. The first kappa shape index (κ1) is 20.6. The highest BCUT2D eigenvalue weighted by Crippen LogP contribution is 2.40. The SMILES string of the molecule is COC1CCN(C2(CC#N)CN(c3nc(Nc4cc(C)ns4)nc4c3CCC4)C2)CC1. The zero-order valence-electron chi connectivity index (χ0n) is 18.2. The Morgan fingerprint density at radius 1 is 1.29 bits per heavy atom. The number of methoxy groups -OCH3 is 1. The van der Waals surface area contributed by atoms with Gasteiger partial charge in [-0.15, -0.1) is 0 Å². The molecule has 0 bridgehead atoms. The maximum atomic E-state index is 9.56. The number of hydrogen-bond donors (Lipinski definition) is 1. The summed E-state index contributed by atoms with van der Waals surface area (Å²) in [7, 11) is 1.80. The molecule has 5 rings (SSSR count). The molecule has 9 heteroatoms. The molecule has 0 amide bonds. The first-order chi connectivity index (χ1) is 15.1. The van der Waals surface area contributed by atoms with Crippen LogP contribution in [-0.2, 0) is 17.6 Å². The molecule has 3 aliphatic rings. The van der Waals surface area contributed by atoms with Crippen LogP contribution >= 0.6 is 11.5 Å². The summed E-state index contributed by atoms with van der Waals surface area (Å²) < 4.78 is 9.88. The minimum absolute atomic E-state index is 0.0771. The normalized spacial score (nSPS) is 20.9. The molecule has 2 saturated heterocycles. The van der Waals surface area contributed by atoms with Crippen molar-refractivity contribution in [1.82, 2.24) is 19.2 Å². The van der Waals surface area contributed by atoms with Crippen LogP contribution in [0.15, 0.2) is 6.07 Å². The Hall–Kier alpha value is -2.28. The van der Waals surface area contributed by atoms with Crippen molar-refractivity contribution in [1.29, 1.82) is 5.26 Å². The maximum absolute atomic E-state index is 9.56. The van der Waals surface area contributed by atoms with E-state index in [1.165, 1.54) is 17.1 Å². The molecule has 1 aliphatic carbocycles. The number of nitriles is 1. The molecule has 2 aromatic heterocycles. The summed E-state index contributed by atoms with van der Waals surface area (Å²) in [5.41, 5.74) is 3.36. The Morgan fingerprint density at radius 3 is 2.77 bits per heavy atom. The monoisotopic (exact) mass is 439 g/mol. The summed E-state index contributed by atoms with van der Waals surface area (Å²) in [6.45, 7) is 5.67. The molecule has 2 aromatic rings. The summed E-state index contributed by atoms with van der Waals surface area (Å²) in [6.07, 6.45) is 6.14. The summed E-state index contributed by atoms with van der Waals surface area (Å²) in [4.78, 5) is 14.6. The number of nitrogens with one attached hydrogen (secondary N) is 1. The van der Waals surface area contributed by atoms with E-state index in [1.807, 2.05) is 13.0 Å². The van der Waals surface area contributed by atoms with Gasteiger partial charge in [-0.3, -0.25) is 4.90 Å². The second kappa shape index (κ2) is 8.34. The molecule has 0 unspecified atom stereocenters. The van der Waals surface area contributed by atoms with Crippen molar-refractivity contribution < 1.29 is 4.74 Å². The van der Waals surface area contributed by atoms with E-state index >= 15 is 0 Å². The number of fused-ring (bicyclic) bond motifs is 1. The fourth-order valence-corrected chi connectivity index (χ4v) is 5.87. The first-order valence-electron chi connectivity index (χ1n) is 11.1. The standard InChI is InChI=1S/C22H29N7OS/c1-15-12-19(31-27-15)25-21-24-18-5-3-4-17(18)20(26-21)28-13-22(14-28,8-9-23)29-10-6-16(30-2)7-11-29/h12,16H,3-8,10-11,13-14H2,1-2H3,(H,24,25,26). The quantitative estimate of drug-likeness (QED) is 0.734. The zero-order valence-corrected chi connectivity index (χ0v) is 19.0. The van der Waals surface area contributed by atoms with E-state index < -0.39 is 0 Å². The molecule has 2 fully saturated rings. The Balaban J connectivity index is 1.36. The second-order valence-electron chi connectivity index (χ2n) is 8.94. The van der Waals surface area contributed by atoms with Gasteiger partial charge >= 0.3 is 0 Å². The zero-order chi connectivity index (χ0) is 21.4. The number of rotatable bonds is 6. The number of ether oxygens (including phenoxy) is 1. The summed E-state index contributed by atoms with van der Waals surface area (Å²) in [6, 6.07) is 4.47. The van der Waals surface area contributed by atoms with Crippen molar-refractivity contribution in [3.05, 3.63) is 23.0 Å². The van der Waals surface area contributed by atoms with Gasteiger partial charge in [0.15, 0.2) is 0 Å². The van der Waals surface area contributed by atoms with Crippen molar-refractivity contribution in [2.45, 2.75) is 57.1 Å². The van der Waals surface area contributed by atoms with E-state index in [0.29, 0.717) is 18.5 Å². The van der Waals surface area contributed by atoms with Gasteiger partial charge in [0.05, 0.1) is 35.5 Å². The average molecular weight is 440 g/mol. The lowest BCUT2D eigenvalue weighted by Crippen LogP contribution is -2.71. The third-order valence-corrected chi connectivity index (χ3v) is 7.69. The van der Waals surface area contributed by atoms with E-state index in [-0.39, 0.29) is 5.54 Å². The van der Waals surface area contributed by atoms with Crippen molar-refractivity contribution in [2.75, 3.05) is 43.5 Å².